The molecule has 0 aliphatic rings. The zero-order valence-corrected chi connectivity index (χ0v) is 33.1. The minimum Gasteiger partial charge on any atom is -0.697 e. The molecule has 0 spiro atoms. The molecule has 0 saturated carbocycles. The number of hydrogen-bond acceptors (Lipinski definition) is 11. The number of hydrogen-bond donors (Lipinski definition) is 4. The fourth-order valence-corrected chi connectivity index (χ4v) is 5.76. The van der Waals surface area contributed by atoms with Gasteiger partial charge in [-0.3, -0.25) is 20.4 Å². The number of alkyl halides is 3. The van der Waals surface area contributed by atoms with E-state index in [9.17, 15) is 32.7 Å². The quantitative estimate of drug-likeness (QED) is 0.0285. The number of halogens is 3. The first-order valence-corrected chi connectivity index (χ1v) is 17.6. The minimum absolute atomic E-state index is 0. The Morgan fingerprint density at radius 1 is 0.842 bits per heavy atom. The molecule has 0 aromatic carbocycles. The maximum absolute atomic E-state index is 12.4. The van der Waals surface area contributed by atoms with Gasteiger partial charge in [-0.2, -0.15) is 13.2 Å². The normalized spacial score (nSPS) is 10.7. The maximum atomic E-state index is 12.4. The first-order valence-electron chi connectivity index (χ1n) is 16.4. The van der Waals surface area contributed by atoms with Crippen molar-refractivity contribution in [2.75, 3.05) is 0 Å². The molecule has 0 aliphatic carbocycles. The van der Waals surface area contributed by atoms with Crippen LogP contribution in [0.5, 0.6) is 0 Å². The van der Waals surface area contributed by atoms with Crippen LogP contribution in [0.3, 0.4) is 0 Å². The van der Waals surface area contributed by atoms with Crippen LogP contribution in [0.4, 0.5) is 13.2 Å². The van der Waals surface area contributed by atoms with Crippen LogP contribution < -0.4 is 0 Å². The molecule has 5 heterocycles. The van der Waals surface area contributed by atoms with E-state index in [0.717, 1.165) is 16.9 Å². The Hall–Kier alpha value is -5.96. The summed E-state index contributed by atoms with van der Waals surface area (Å²) in [6.45, 7) is 2.18. The van der Waals surface area contributed by atoms with E-state index in [0.29, 0.717) is 6.08 Å². The fraction of sp³-hybridized carbons (Fsp3) is 0.184. The average molecular weight is 905 g/mol. The number of nitrogens with zero attached hydrogens (tertiary/aromatic N) is 5. The molecule has 0 atom stereocenters. The monoisotopic (exact) mass is 905 g/mol. The topological polar surface area (TPSA) is 235 Å². The number of aryl methyl sites for hydroxylation is 1. The fourth-order valence-electron chi connectivity index (χ4n) is 4.72. The molecular weight excluding hydrogens is 873 g/mol. The zero-order valence-electron chi connectivity index (χ0n) is 29.7. The Morgan fingerprint density at radius 3 is 1.82 bits per heavy atom. The molecule has 5 rings (SSSR count). The molecule has 57 heavy (non-hydrogen) atoms. The van der Waals surface area contributed by atoms with Gasteiger partial charge in [0, 0.05) is 39.6 Å². The number of carboxylic acid groups (broad SMARTS) is 3. The second kappa shape index (κ2) is 22.6. The summed E-state index contributed by atoms with van der Waals surface area (Å²) < 4.78 is 37.1. The van der Waals surface area contributed by atoms with Crippen LogP contribution in [0.2, 0.25) is 0 Å². The number of allylic oxidation sites excluding steroid dienone is 1. The van der Waals surface area contributed by atoms with Crippen molar-refractivity contribution in [3.05, 3.63) is 118 Å². The van der Waals surface area contributed by atoms with Crippen LogP contribution >= 0.6 is 11.3 Å². The zero-order chi connectivity index (χ0) is 41.4. The average Bonchev–Trinajstić information content (AvgIpc) is 3.65. The Bertz CT molecular complexity index is 2190. The minimum atomic E-state index is -4.75. The number of nitriles is 1. The SMILES string of the molecule is CCCCCCc1ccc(-c2ccc(/C([NH-])=C/C(=N)C(F)(F)F)nc2)s1.N#C[S-].O=C(O)c1ccnc(-c2cc(C(=O)O)cc(-c3cc(C(=O)O)ccn3)n2)c1.[Ru+2]. The number of aromatic nitrogens is 4. The smallest absolute Gasteiger partial charge is 0.697 e. The number of thiophene rings is 1. The molecule has 0 fully saturated rings. The van der Waals surface area contributed by atoms with Crippen molar-refractivity contribution >= 4 is 53.3 Å². The second-order valence-electron chi connectivity index (χ2n) is 11.5. The largest absolute Gasteiger partial charge is 2.00 e. The van der Waals surface area contributed by atoms with Crippen molar-refractivity contribution < 1.29 is 62.4 Å². The molecule has 5 N–H and O–H groups in total. The molecule has 0 amide bonds. The third-order valence-corrected chi connectivity index (χ3v) is 8.66. The second-order valence-corrected chi connectivity index (χ2v) is 12.8. The van der Waals surface area contributed by atoms with Gasteiger partial charge >= 0.3 is 43.6 Å². The van der Waals surface area contributed by atoms with Gasteiger partial charge in [-0.25, -0.2) is 24.6 Å². The van der Waals surface area contributed by atoms with Gasteiger partial charge in [0.05, 0.1) is 39.5 Å². The number of carboxylic acids is 3. The summed E-state index contributed by atoms with van der Waals surface area (Å²) in [7, 11) is 0. The van der Waals surface area contributed by atoms with E-state index in [2.05, 4.69) is 45.6 Å². The molecule has 5 aromatic rings. The van der Waals surface area contributed by atoms with E-state index in [1.807, 2.05) is 6.07 Å². The third kappa shape index (κ3) is 14.6. The number of nitrogens with one attached hydrogen (secondary N) is 2. The van der Waals surface area contributed by atoms with Gasteiger partial charge in [-0.15, -0.1) is 17.0 Å². The molecule has 0 saturated heterocycles. The maximum Gasteiger partial charge on any atom is 2.00 e. The van der Waals surface area contributed by atoms with Gasteiger partial charge in [0.1, 0.15) is 5.71 Å². The van der Waals surface area contributed by atoms with Crippen molar-refractivity contribution in [3.63, 3.8) is 0 Å². The van der Waals surface area contributed by atoms with Crippen molar-refractivity contribution in [3.8, 4) is 38.6 Å². The molecule has 296 valence electrons. The van der Waals surface area contributed by atoms with Gasteiger partial charge in [-0.1, -0.05) is 31.6 Å². The van der Waals surface area contributed by atoms with Gasteiger partial charge < -0.3 is 33.7 Å². The van der Waals surface area contributed by atoms with Crippen LogP contribution in [-0.2, 0) is 38.5 Å². The summed E-state index contributed by atoms with van der Waals surface area (Å²) in [4.78, 5) is 52.5. The predicted molar refractivity (Wildman–Crippen MR) is 206 cm³/mol. The van der Waals surface area contributed by atoms with Crippen LogP contribution in [-0.4, -0.2) is 65.1 Å². The van der Waals surface area contributed by atoms with Crippen molar-refractivity contribution in [2.45, 2.75) is 45.2 Å². The Labute approximate surface area is 346 Å². The van der Waals surface area contributed by atoms with Crippen molar-refractivity contribution in [1.82, 2.24) is 19.9 Å². The van der Waals surface area contributed by atoms with Gasteiger partial charge in [-0.05, 0) is 79.6 Å². The number of thiocyanates is 1. The van der Waals surface area contributed by atoms with E-state index in [-0.39, 0.29) is 64.6 Å². The number of carbonyl (C=O) groups is 3. The van der Waals surface area contributed by atoms with Crippen molar-refractivity contribution in [1.29, 1.82) is 10.7 Å². The first kappa shape index (κ1) is 47.2. The van der Waals surface area contributed by atoms with E-state index < -0.39 is 35.5 Å². The Kier molecular flexibility index (Phi) is 18.7. The molecule has 0 radical (unpaired) electrons. The molecule has 5 aromatic heterocycles. The van der Waals surface area contributed by atoms with E-state index >= 15 is 0 Å². The summed E-state index contributed by atoms with van der Waals surface area (Å²) in [6.07, 6.45) is 5.73. The summed E-state index contributed by atoms with van der Waals surface area (Å²) in [5.74, 6) is -3.56. The van der Waals surface area contributed by atoms with Crippen LogP contribution in [0, 0.1) is 16.1 Å². The number of pyridine rings is 4. The number of unbranched alkanes of at least 4 members (excludes halogenated alkanes) is 3. The summed E-state index contributed by atoms with van der Waals surface area (Å²) in [5, 5.41) is 43.0. The van der Waals surface area contributed by atoms with Crippen LogP contribution in [0.1, 0.15) is 74.3 Å². The first-order chi connectivity index (χ1) is 26.6. The molecule has 19 heteroatoms. The van der Waals surface area contributed by atoms with E-state index in [1.165, 1.54) is 90.8 Å². The molecular formula is C38H32F3N7O6RuS2. The Balaban J connectivity index is 0.000000362. The summed E-state index contributed by atoms with van der Waals surface area (Å²) in [5.41, 5.74) is 7.04. The predicted octanol–water partition coefficient (Wildman–Crippen LogP) is 9.22. The van der Waals surface area contributed by atoms with Crippen LogP contribution in [0.15, 0.2) is 85.3 Å². The third-order valence-electron chi connectivity index (χ3n) is 7.47. The molecule has 0 unspecified atom stereocenters. The van der Waals surface area contributed by atoms with Gasteiger partial charge in [0.25, 0.3) is 0 Å². The summed E-state index contributed by atoms with van der Waals surface area (Å²) >= 11 is 5.39. The number of aromatic carboxylic acids is 3. The molecule has 13 nitrogen and oxygen atoms in total. The standard InChI is InChI=1S/C19H21F3N3S.C18H11N3O6.CHNS.Ru/c1-2-3-4-5-6-14-8-10-17(26-14)13-7-9-16(25-12-13)15(23)11-18(24)19(20,21)22;22-16(23)9-1-3-19-12(5-9)14-7-11(18(26)27)8-15(21-14)13-6-10(17(24)25)2-4-20-13;2-1-3;/h7-12,23-24H,2-6H2,1H3;1-8H,(H,22,23)(H,24,25)(H,26,27);3H;/q-1;;;+2/p-1/b15-11-,24-18?;;;. The molecule has 0 bridgehead atoms. The molecule has 0 aliphatic heterocycles. The number of rotatable bonds is 13. The van der Waals surface area contributed by atoms with Crippen LogP contribution in [0.25, 0.3) is 44.6 Å². The van der Waals surface area contributed by atoms with E-state index in [1.54, 1.807) is 23.6 Å². The van der Waals surface area contributed by atoms with E-state index in [4.69, 9.17) is 26.6 Å². The Morgan fingerprint density at radius 2 is 1.37 bits per heavy atom. The van der Waals surface area contributed by atoms with Gasteiger partial charge in [0.15, 0.2) is 0 Å². The van der Waals surface area contributed by atoms with Crippen molar-refractivity contribution in [2.24, 2.45) is 0 Å². The summed E-state index contributed by atoms with van der Waals surface area (Å²) in [6, 6.07) is 15.0. The van der Waals surface area contributed by atoms with Gasteiger partial charge in [0.2, 0.25) is 0 Å².